The van der Waals surface area contributed by atoms with Crippen LogP contribution < -0.4 is 15.6 Å². The lowest BCUT2D eigenvalue weighted by Gasteiger charge is -2.11. The van der Waals surface area contributed by atoms with E-state index in [9.17, 15) is 9.59 Å². The van der Waals surface area contributed by atoms with E-state index in [1.165, 1.54) is 6.20 Å². The number of hydrogen-bond donors (Lipinski definition) is 2. The molecule has 7 heteroatoms. The van der Waals surface area contributed by atoms with Crippen molar-refractivity contribution in [1.82, 2.24) is 9.97 Å². The Hall–Kier alpha value is -3.12. The van der Waals surface area contributed by atoms with Crippen molar-refractivity contribution in [3.8, 4) is 17.1 Å². The summed E-state index contributed by atoms with van der Waals surface area (Å²) >= 11 is 5.86. The van der Waals surface area contributed by atoms with Crippen molar-refractivity contribution in [3.05, 3.63) is 75.7 Å². The zero-order valence-electron chi connectivity index (χ0n) is 14.7. The summed E-state index contributed by atoms with van der Waals surface area (Å²) in [6.07, 6.45) is 1.32. The van der Waals surface area contributed by atoms with Crippen molar-refractivity contribution in [2.75, 3.05) is 11.9 Å². The molecule has 0 aliphatic heterocycles. The first-order valence-corrected chi connectivity index (χ1v) is 8.80. The summed E-state index contributed by atoms with van der Waals surface area (Å²) in [5.74, 6) is 0.676. The number of aromatic amines is 1. The largest absolute Gasteiger partial charge is 0.492 e. The molecule has 2 aromatic carbocycles. The summed E-state index contributed by atoms with van der Waals surface area (Å²) in [6.45, 7) is 2.36. The van der Waals surface area contributed by atoms with Gasteiger partial charge >= 0.3 is 0 Å². The third-order valence-electron chi connectivity index (χ3n) is 3.80. The normalized spacial score (nSPS) is 10.4. The summed E-state index contributed by atoms with van der Waals surface area (Å²) < 4.78 is 5.48. The van der Waals surface area contributed by atoms with Crippen molar-refractivity contribution in [2.24, 2.45) is 0 Å². The van der Waals surface area contributed by atoms with E-state index in [-0.39, 0.29) is 23.5 Å². The molecule has 1 aromatic heterocycles. The SMILES string of the molecule is CCOc1ccccc1NC(=O)Cc1cnc(-c2ccc(Cl)cc2)[nH]c1=O. The molecule has 0 saturated carbocycles. The maximum absolute atomic E-state index is 12.3. The molecular formula is C20H18ClN3O3. The number of ether oxygens (including phenoxy) is 1. The van der Waals surface area contributed by atoms with Gasteiger partial charge in [0.1, 0.15) is 11.6 Å². The molecule has 3 aromatic rings. The molecule has 138 valence electrons. The molecule has 0 aliphatic rings. The highest BCUT2D eigenvalue weighted by Crippen LogP contribution is 2.23. The molecule has 0 spiro atoms. The van der Waals surface area contributed by atoms with Crippen LogP contribution in [0.1, 0.15) is 12.5 Å². The Labute approximate surface area is 161 Å². The Bertz CT molecular complexity index is 1000. The number of benzene rings is 2. The van der Waals surface area contributed by atoms with Crippen LogP contribution in [0.25, 0.3) is 11.4 Å². The molecule has 0 saturated heterocycles. The number of H-pyrrole nitrogens is 1. The number of aromatic nitrogens is 2. The van der Waals surface area contributed by atoms with Crippen molar-refractivity contribution in [3.63, 3.8) is 0 Å². The van der Waals surface area contributed by atoms with Crippen LogP contribution in [0.3, 0.4) is 0 Å². The van der Waals surface area contributed by atoms with Crippen LogP contribution in [0.5, 0.6) is 5.75 Å². The molecule has 0 fully saturated rings. The zero-order chi connectivity index (χ0) is 19.2. The molecule has 0 unspecified atom stereocenters. The van der Waals surface area contributed by atoms with Crippen LogP contribution in [-0.2, 0) is 11.2 Å². The lowest BCUT2D eigenvalue weighted by atomic mass is 10.2. The lowest BCUT2D eigenvalue weighted by Crippen LogP contribution is -2.22. The molecule has 3 rings (SSSR count). The zero-order valence-corrected chi connectivity index (χ0v) is 15.4. The van der Waals surface area contributed by atoms with Gasteiger partial charge in [-0.25, -0.2) is 4.98 Å². The predicted molar refractivity (Wildman–Crippen MR) is 105 cm³/mol. The first kappa shape index (κ1) is 18.7. The molecule has 0 radical (unpaired) electrons. The van der Waals surface area contributed by atoms with Crippen molar-refractivity contribution in [1.29, 1.82) is 0 Å². The van der Waals surface area contributed by atoms with Gasteiger partial charge in [0.25, 0.3) is 5.56 Å². The number of carbonyl (C=O) groups excluding carboxylic acids is 1. The molecule has 0 atom stereocenters. The Balaban J connectivity index is 1.73. The summed E-state index contributed by atoms with van der Waals surface area (Å²) in [4.78, 5) is 31.6. The second-order valence-electron chi connectivity index (χ2n) is 5.75. The summed E-state index contributed by atoms with van der Waals surface area (Å²) in [5, 5.41) is 3.36. The van der Waals surface area contributed by atoms with Gasteiger partial charge < -0.3 is 15.0 Å². The quantitative estimate of drug-likeness (QED) is 0.680. The highest BCUT2D eigenvalue weighted by Gasteiger charge is 2.12. The smallest absolute Gasteiger partial charge is 0.254 e. The Kier molecular flexibility index (Phi) is 5.88. The highest BCUT2D eigenvalue weighted by molar-refractivity contribution is 6.30. The summed E-state index contributed by atoms with van der Waals surface area (Å²) in [5.41, 5.74) is 1.21. The fourth-order valence-electron chi connectivity index (χ4n) is 2.52. The summed E-state index contributed by atoms with van der Waals surface area (Å²) in [7, 11) is 0. The fourth-order valence-corrected chi connectivity index (χ4v) is 2.65. The second-order valence-corrected chi connectivity index (χ2v) is 6.18. The average Bonchev–Trinajstić information content (AvgIpc) is 2.66. The van der Waals surface area contributed by atoms with Gasteiger partial charge in [-0.05, 0) is 43.3 Å². The summed E-state index contributed by atoms with van der Waals surface area (Å²) in [6, 6.07) is 14.1. The molecular weight excluding hydrogens is 366 g/mol. The van der Waals surface area contributed by atoms with Gasteiger partial charge in [-0.15, -0.1) is 0 Å². The van der Waals surface area contributed by atoms with Gasteiger partial charge in [-0.3, -0.25) is 9.59 Å². The van der Waals surface area contributed by atoms with Gasteiger partial charge in [0.2, 0.25) is 5.91 Å². The van der Waals surface area contributed by atoms with Crippen molar-refractivity contribution in [2.45, 2.75) is 13.3 Å². The van der Waals surface area contributed by atoms with Crippen LogP contribution in [-0.4, -0.2) is 22.5 Å². The van der Waals surface area contributed by atoms with Crippen LogP contribution in [0.2, 0.25) is 5.02 Å². The molecule has 1 heterocycles. The number of nitrogens with one attached hydrogen (secondary N) is 2. The Morgan fingerprint density at radius 1 is 1.19 bits per heavy atom. The van der Waals surface area contributed by atoms with E-state index in [1.54, 1.807) is 42.5 Å². The minimum atomic E-state index is -0.358. The number of hydrogen-bond acceptors (Lipinski definition) is 4. The van der Waals surface area contributed by atoms with E-state index in [2.05, 4.69) is 15.3 Å². The third kappa shape index (κ3) is 4.74. The lowest BCUT2D eigenvalue weighted by molar-refractivity contribution is -0.115. The first-order chi connectivity index (χ1) is 13.1. The molecule has 0 bridgehead atoms. The van der Waals surface area contributed by atoms with E-state index in [0.29, 0.717) is 28.9 Å². The number of anilines is 1. The fraction of sp³-hybridized carbons (Fsp3) is 0.150. The average molecular weight is 384 g/mol. The predicted octanol–water partition coefficient (Wildman–Crippen LogP) is 3.67. The minimum Gasteiger partial charge on any atom is -0.492 e. The first-order valence-electron chi connectivity index (χ1n) is 8.42. The van der Waals surface area contributed by atoms with E-state index in [1.807, 2.05) is 13.0 Å². The van der Waals surface area contributed by atoms with Crippen molar-refractivity contribution >= 4 is 23.2 Å². The number of carbonyl (C=O) groups is 1. The van der Waals surface area contributed by atoms with Crippen LogP contribution in [0.15, 0.2) is 59.5 Å². The van der Waals surface area contributed by atoms with Gasteiger partial charge in [0.05, 0.1) is 18.7 Å². The van der Waals surface area contributed by atoms with Crippen LogP contribution in [0.4, 0.5) is 5.69 Å². The Morgan fingerprint density at radius 2 is 1.93 bits per heavy atom. The van der Waals surface area contributed by atoms with Crippen LogP contribution >= 0.6 is 11.6 Å². The number of nitrogens with zero attached hydrogens (tertiary/aromatic N) is 1. The topological polar surface area (TPSA) is 84.1 Å². The molecule has 0 aliphatic carbocycles. The monoisotopic (exact) mass is 383 g/mol. The maximum atomic E-state index is 12.3. The standard InChI is InChI=1S/C20H18ClN3O3/c1-2-27-17-6-4-3-5-16(17)23-18(25)11-14-12-22-19(24-20(14)26)13-7-9-15(21)10-8-13/h3-10,12H,2,11H2,1H3,(H,23,25)(H,22,24,26). The number of para-hydroxylation sites is 2. The van der Waals surface area contributed by atoms with Gasteiger partial charge in [0.15, 0.2) is 0 Å². The Morgan fingerprint density at radius 3 is 2.63 bits per heavy atom. The van der Waals surface area contributed by atoms with Gasteiger partial charge in [0, 0.05) is 22.3 Å². The molecule has 6 nitrogen and oxygen atoms in total. The van der Waals surface area contributed by atoms with E-state index >= 15 is 0 Å². The van der Waals surface area contributed by atoms with E-state index in [4.69, 9.17) is 16.3 Å². The van der Waals surface area contributed by atoms with Gasteiger partial charge in [-0.2, -0.15) is 0 Å². The van der Waals surface area contributed by atoms with Crippen molar-refractivity contribution < 1.29 is 9.53 Å². The van der Waals surface area contributed by atoms with Crippen LogP contribution in [0, 0.1) is 0 Å². The third-order valence-corrected chi connectivity index (χ3v) is 4.05. The molecule has 27 heavy (non-hydrogen) atoms. The molecule has 2 N–H and O–H groups in total. The second kappa shape index (κ2) is 8.51. The number of halogens is 1. The highest BCUT2D eigenvalue weighted by atomic mass is 35.5. The minimum absolute atomic E-state index is 0.0936. The molecule has 1 amide bonds. The van der Waals surface area contributed by atoms with Gasteiger partial charge in [-0.1, -0.05) is 23.7 Å². The van der Waals surface area contributed by atoms with E-state index < -0.39 is 0 Å². The number of amides is 1. The van der Waals surface area contributed by atoms with E-state index in [0.717, 1.165) is 5.56 Å². The maximum Gasteiger partial charge on any atom is 0.254 e. The number of rotatable bonds is 6.